The predicted octanol–water partition coefficient (Wildman–Crippen LogP) is 6.84. The summed E-state index contributed by atoms with van der Waals surface area (Å²) >= 11 is 0. The number of rotatable bonds is 7. The van der Waals surface area contributed by atoms with Crippen molar-refractivity contribution in [3.05, 3.63) is 82.7 Å². The van der Waals surface area contributed by atoms with Crippen molar-refractivity contribution in [1.82, 2.24) is 0 Å². The van der Waals surface area contributed by atoms with Crippen molar-refractivity contribution in [3.8, 4) is 22.6 Å². The molecule has 0 aliphatic carbocycles. The van der Waals surface area contributed by atoms with Crippen LogP contribution >= 0.6 is 0 Å². The highest BCUT2D eigenvalue weighted by molar-refractivity contribution is 5.66. The van der Waals surface area contributed by atoms with Gasteiger partial charge in [0.15, 0.2) is 46.9 Å². The monoisotopic (exact) mass is 552 g/mol. The zero-order valence-electron chi connectivity index (χ0n) is 19.3. The first-order valence-electron chi connectivity index (χ1n) is 10.9. The lowest BCUT2D eigenvalue weighted by Gasteiger charge is -2.27. The molecule has 0 aromatic heterocycles. The molecule has 0 N–H and O–H groups in total. The van der Waals surface area contributed by atoms with Gasteiger partial charge in [0.2, 0.25) is 5.82 Å². The van der Waals surface area contributed by atoms with Gasteiger partial charge in [0.25, 0.3) is 0 Å². The van der Waals surface area contributed by atoms with E-state index in [9.17, 15) is 39.5 Å². The molecular weight excluding hydrogens is 535 g/mol. The van der Waals surface area contributed by atoms with Crippen molar-refractivity contribution in [2.75, 3.05) is 19.8 Å². The maximum atomic E-state index is 14.7. The van der Waals surface area contributed by atoms with E-state index in [4.69, 9.17) is 14.2 Å². The smallest absolute Gasteiger partial charge is 0.429 e. The van der Waals surface area contributed by atoms with Crippen LogP contribution in [-0.2, 0) is 15.6 Å². The summed E-state index contributed by atoms with van der Waals surface area (Å²) in [5, 5.41) is 0. The maximum Gasteiger partial charge on any atom is 0.429 e. The average Bonchev–Trinajstić information content (AvgIpc) is 2.86. The summed E-state index contributed by atoms with van der Waals surface area (Å²) in [6.45, 7) is 2.32. The standard InChI is InChI=1S/C25H17F9O4/c1-11-8-36-19(37-9-11)10-35-18-5-3-14(21(29)24(18)32)13-2-4-15(22(30)20(13)28)25(33,34)38-12-6-16(26)23(31)17(27)7-12/h2-7,11,19H,8-10H2,1H3. The van der Waals surface area contributed by atoms with Crippen molar-refractivity contribution in [2.24, 2.45) is 5.92 Å². The molecule has 204 valence electrons. The van der Waals surface area contributed by atoms with Gasteiger partial charge in [-0.2, -0.15) is 13.2 Å². The van der Waals surface area contributed by atoms with Crippen molar-refractivity contribution in [2.45, 2.75) is 19.3 Å². The van der Waals surface area contributed by atoms with E-state index in [0.717, 1.165) is 12.1 Å². The lowest BCUT2D eigenvalue weighted by Crippen LogP contribution is -2.34. The molecule has 0 spiro atoms. The third-order valence-corrected chi connectivity index (χ3v) is 5.44. The topological polar surface area (TPSA) is 36.9 Å². The third kappa shape index (κ3) is 5.53. The van der Waals surface area contributed by atoms with Gasteiger partial charge in [-0.25, -0.2) is 26.3 Å². The van der Waals surface area contributed by atoms with Crippen LogP contribution in [0, 0.1) is 46.6 Å². The fourth-order valence-electron chi connectivity index (χ4n) is 3.52. The minimum absolute atomic E-state index is 0.0732. The molecule has 0 amide bonds. The van der Waals surface area contributed by atoms with Gasteiger partial charge in [0, 0.05) is 29.2 Å². The molecule has 13 heteroatoms. The summed E-state index contributed by atoms with van der Waals surface area (Å²) in [4.78, 5) is 0. The van der Waals surface area contributed by atoms with Crippen LogP contribution in [0.5, 0.6) is 11.5 Å². The van der Waals surface area contributed by atoms with Gasteiger partial charge < -0.3 is 18.9 Å². The minimum Gasteiger partial charge on any atom is -0.485 e. The van der Waals surface area contributed by atoms with Crippen LogP contribution in [0.25, 0.3) is 11.1 Å². The first-order chi connectivity index (χ1) is 17.9. The summed E-state index contributed by atoms with van der Waals surface area (Å²) in [7, 11) is 0. The molecule has 0 saturated carbocycles. The molecule has 4 nitrogen and oxygen atoms in total. The van der Waals surface area contributed by atoms with E-state index in [0.29, 0.717) is 25.3 Å². The molecule has 1 fully saturated rings. The summed E-state index contributed by atoms with van der Waals surface area (Å²) < 4.78 is 147. The highest BCUT2D eigenvalue weighted by Gasteiger charge is 2.40. The highest BCUT2D eigenvalue weighted by Crippen LogP contribution is 2.38. The molecule has 0 bridgehead atoms. The van der Waals surface area contributed by atoms with E-state index in [1.807, 2.05) is 6.92 Å². The Balaban J connectivity index is 1.57. The number of alkyl halides is 2. The van der Waals surface area contributed by atoms with Crippen LogP contribution < -0.4 is 9.47 Å². The van der Waals surface area contributed by atoms with Gasteiger partial charge in [0.1, 0.15) is 17.9 Å². The van der Waals surface area contributed by atoms with Crippen molar-refractivity contribution < 1.29 is 58.5 Å². The second-order valence-electron chi connectivity index (χ2n) is 8.36. The van der Waals surface area contributed by atoms with E-state index in [-0.39, 0.29) is 24.7 Å². The number of halogens is 9. The SMILES string of the molecule is CC1COC(COc2ccc(-c3ccc(C(F)(F)Oc4cc(F)c(F)c(F)c4)c(F)c3F)c(F)c2F)OC1. The molecule has 1 heterocycles. The Labute approximate surface area is 209 Å². The van der Waals surface area contributed by atoms with Crippen LogP contribution in [0.2, 0.25) is 0 Å². The molecular formula is C25H17F9O4. The molecule has 1 saturated heterocycles. The van der Waals surface area contributed by atoms with Gasteiger partial charge in [0.05, 0.1) is 13.2 Å². The maximum absolute atomic E-state index is 14.7. The number of hydrogen-bond donors (Lipinski definition) is 0. The Hall–Kier alpha value is -3.45. The van der Waals surface area contributed by atoms with E-state index in [1.165, 1.54) is 0 Å². The number of benzene rings is 3. The molecule has 4 rings (SSSR count). The predicted molar refractivity (Wildman–Crippen MR) is 113 cm³/mol. The van der Waals surface area contributed by atoms with Crippen molar-refractivity contribution in [1.29, 1.82) is 0 Å². The zero-order valence-corrected chi connectivity index (χ0v) is 19.3. The van der Waals surface area contributed by atoms with Gasteiger partial charge in [-0.15, -0.1) is 0 Å². The van der Waals surface area contributed by atoms with Crippen LogP contribution in [0.4, 0.5) is 39.5 Å². The number of ether oxygens (including phenoxy) is 4. The Morgan fingerprint density at radius 1 is 0.763 bits per heavy atom. The van der Waals surface area contributed by atoms with Crippen LogP contribution in [0.1, 0.15) is 12.5 Å². The highest BCUT2D eigenvalue weighted by atomic mass is 19.3. The van der Waals surface area contributed by atoms with Crippen LogP contribution in [-0.4, -0.2) is 26.1 Å². The lowest BCUT2D eigenvalue weighted by atomic mass is 10.0. The second kappa shape index (κ2) is 10.7. The quantitative estimate of drug-likeness (QED) is 0.238. The van der Waals surface area contributed by atoms with E-state index < -0.39 is 81.3 Å². The molecule has 1 aliphatic heterocycles. The van der Waals surface area contributed by atoms with Gasteiger partial charge >= 0.3 is 6.11 Å². The largest absolute Gasteiger partial charge is 0.485 e. The van der Waals surface area contributed by atoms with Gasteiger partial charge in [-0.1, -0.05) is 13.0 Å². The first kappa shape index (κ1) is 27.6. The van der Waals surface area contributed by atoms with Crippen LogP contribution in [0.3, 0.4) is 0 Å². The van der Waals surface area contributed by atoms with Crippen molar-refractivity contribution in [3.63, 3.8) is 0 Å². The fourth-order valence-corrected chi connectivity index (χ4v) is 3.52. The van der Waals surface area contributed by atoms with Crippen molar-refractivity contribution >= 4 is 0 Å². The second-order valence-corrected chi connectivity index (χ2v) is 8.36. The lowest BCUT2D eigenvalue weighted by molar-refractivity contribution is -0.208. The summed E-state index contributed by atoms with van der Waals surface area (Å²) in [6, 6.07) is 2.74. The van der Waals surface area contributed by atoms with E-state index >= 15 is 0 Å². The summed E-state index contributed by atoms with van der Waals surface area (Å²) in [5.74, 6) is -14.8. The summed E-state index contributed by atoms with van der Waals surface area (Å²) in [6.07, 6.45) is -5.54. The number of hydrogen-bond acceptors (Lipinski definition) is 4. The average molecular weight is 552 g/mol. The molecule has 0 unspecified atom stereocenters. The first-order valence-corrected chi connectivity index (χ1v) is 10.9. The summed E-state index contributed by atoms with van der Waals surface area (Å²) in [5.41, 5.74) is -3.47. The fraction of sp³-hybridized carbons (Fsp3) is 0.280. The van der Waals surface area contributed by atoms with Crippen LogP contribution in [0.15, 0.2) is 36.4 Å². The Bertz CT molecular complexity index is 1320. The van der Waals surface area contributed by atoms with Gasteiger partial charge in [-0.05, 0) is 18.2 Å². The Kier molecular flexibility index (Phi) is 7.79. The molecule has 1 aliphatic rings. The van der Waals surface area contributed by atoms with E-state index in [1.54, 1.807) is 0 Å². The molecule has 3 aromatic carbocycles. The van der Waals surface area contributed by atoms with Gasteiger partial charge in [-0.3, -0.25) is 0 Å². The molecule has 0 atom stereocenters. The molecule has 38 heavy (non-hydrogen) atoms. The Morgan fingerprint density at radius 2 is 1.32 bits per heavy atom. The third-order valence-electron chi connectivity index (χ3n) is 5.44. The van der Waals surface area contributed by atoms with E-state index in [2.05, 4.69) is 4.74 Å². The molecule has 0 radical (unpaired) electrons. The zero-order chi connectivity index (χ0) is 27.8. The normalized spacial score (nSPS) is 17.9. The molecule has 3 aromatic rings. The Morgan fingerprint density at radius 3 is 1.92 bits per heavy atom. The minimum atomic E-state index is -4.71.